The molecule has 3 N–H and O–H groups in total. The van der Waals surface area contributed by atoms with Crippen LogP contribution in [0, 0.1) is 11.3 Å². The van der Waals surface area contributed by atoms with E-state index in [9.17, 15) is 19.5 Å². The Kier molecular flexibility index (Phi) is 5.29. The number of nitrogens with one attached hydrogen (secondary N) is 2. The van der Waals surface area contributed by atoms with Crippen molar-refractivity contribution in [1.29, 1.82) is 0 Å². The molecule has 35 heavy (non-hydrogen) atoms. The lowest BCUT2D eigenvalue weighted by Crippen LogP contribution is -2.50. The minimum absolute atomic E-state index is 0.0394. The second-order valence-electron chi connectivity index (χ2n) is 10.2. The second-order valence-corrected chi connectivity index (χ2v) is 10.2. The van der Waals surface area contributed by atoms with Crippen LogP contribution in [0.4, 0.5) is 4.79 Å². The first-order valence-electron chi connectivity index (χ1n) is 12.2. The summed E-state index contributed by atoms with van der Waals surface area (Å²) in [6.07, 6.45) is 0.945. The van der Waals surface area contributed by atoms with Crippen LogP contribution in [0.2, 0.25) is 0 Å². The van der Waals surface area contributed by atoms with Crippen molar-refractivity contribution in [3.63, 3.8) is 0 Å². The van der Waals surface area contributed by atoms with E-state index in [1.165, 1.54) is 0 Å². The van der Waals surface area contributed by atoms with Gasteiger partial charge in [-0.2, -0.15) is 0 Å². The minimum atomic E-state index is -0.812. The summed E-state index contributed by atoms with van der Waals surface area (Å²) in [5.74, 6) is -0.976. The van der Waals surface area contributed by atoms with Crippen LogP contribution in [0.15, 0.2) is 48.5 Å². The number of hydrogen-bond acceptors (Lipinski definition) is 5. The Labute approximate surface area is 203 Å². The normalized spacial score (nSPS) is 30.2. The Balaban J connectivity index is 1.05. The topological polar surface area (TPSA) is 114 Å². The molecule has 6 rings (SSSR count). The first kappa shape index (κ1) is 22.1. The maximum absolute atomic E-state index is 12.9. The molecular formula is C27H28N2O6. The third-order valence-electron chi connectivity index (χ3n) is 8.18. The molecule has 2 aromatic carbocycles. The van der Waals surface area contributed by atoms with Crippen LogP contribution in [0.25, 0.3) is 11.1 Å². The van der Waals surface area contributed by atoms with Crippen molar-refractivity contribution in [1.82, 2.24) is 10.6 Å². The van der Waals surface area contributed by atoms with Gasteiger partial charge in [-0.15, -0.1) is 0 Å². The van der Waals surface area contributed by atoms with E-state index >= 15 is 0 Å². The second kappa shape index (κ2) is 8.37. The SMILES string of the molecule is O=C(N[C@H]1CCO[C@H]1C(=O)N[C@H]1C[C@@H]2C[C@]2(C(=O)O)C1)OCC1c2ccccc2-c2ccccc21. The lowest BCUT2D eigenvalue weighted by molar-refractivity contribution is -0.144. The highest BCUT2D eigenvalue weighted by Gasteiger charge is 2.65. The molecule has 8 heteroatoms. The summed E-state index contributed by atoms with van der Waals surface area (Å²) in [6, 6.07) is 15.6. The molecule has 0 spiro atoms. The lowest BCUT2D eigenvalue weighted by Gasteiger charge is -2.23. The highest BCUT2D eigenvalue weighted by molar-refractivity contribution is 5.84. The average molecular weight is 477 g/mol. The molecule has 1 aliphatic heterocycles. The molecule has 4 aliphatic rings. The van der Waals surface area contributed by atoms with Crippen molar-refractivity contribution in [2.45, 2.75) is 49.8 Å². The largest absolute Gasteiger partial charge is 0.481 e. The summed E-state index contributed by atoms with van der Waals surface area (Å²) < 4.78 is 11.2. The molecule has 1 saturated heterocycles. The molecular weight excluding hydrogens is 448 g/mol. The number of carbonyl (C=O) groups excluding carboxylic acids is 2. The zero-order valence-electron chi connectivity index (χ0n) is 19.2. The third-order valence-corrected chi connectivity index (χ3v) is 8.18. The van der Waals surface area contributed by atoms with Crippen molar-refractivity contribution in [3.8, 4) is 11.1 Å². The third kappa shape index (κ3) is 3.76. The first-order chi connectivity index (χ1) is 17.0. The Bertz CT molecular complexity index is 1150. The van der Waals surface area contributed by atoms with Crippen LogP contribution in [-0.2, 0) is 19.1 Å². The number of alkyl carbamates (subject to hydrolysis) is 1. The molecule has 2 aromatic rings. The van der Waals surface area contributed by atoms with Crippen molar-refractivity contribution in [2.24, 2.45) is 11.3 Å². The molecule has 1 heterocycles. The van der Waals surface area contributed by atoms with Crippen LogP contribution >= 0.6 is 0 Å². The van der Waals surface area contributed by atoms with E-state index in [2.05, 4.69) is 34.9 Å². The van der Waals surface area contributed by atoms with Crippen LogP contribution in [0.1, 0.15) is 42.7 Å². The number of fused-ring (bicyclic) bond motifs is 4. The van der Waals surface area contributed by atoms with Gasteiger partial charge in [-0.1, -0.05) is 48.5 Å². The number of benzene rings is 2. The van der Waals surface area contributed by atoms with E-state index < -0.39 is 29.6 Å². The summed E-state index contributed by atoms with van der Waals surface area (Å²) in [7, 11) is 0. The van der Waals surface area contributed by atoms with Crippen molar-refractivity contribution < 1.29 is 29.0 Å². The van der Waals surface area contributed by atoms with Gasteiger partial charge in [0.05, 0.1) is 11.5 Å². The fourth-order valence-electron chi connectivity index (χ4n) is 6.34. The monoisotopic (exact) mass is 476 g/mol. The average Bonchev–Trinajstić information content (AvgIpc) is 3.17. The van der Waals surface area contributed by atoms with Crippen molar-refractivity contribution in [3.05, 3.63) is 59.7 Å². The number of hydrogen-bond donors (Lipinski definition) is 3. The van der Waals surface area contributed by atoms with E-state index in [-0.39, 0.29) is 30.4 Å². The summed E-state index contributed by atoms with van der Waals surface area (Å²) in [5, 5.41) is 15.2. The number of carboxylic acids is 1. The van der Waals surface area contributed by atoms with Gasteiger partial charge in [-0.3, -0.25) is 9.59 Å². The molecule has 3 aliphatic carbocycles. The molecule has 8 nitrogen and oxygen atoms in total. The van der Waals surface area contributed by atoms with Crippen molar-refractivity contribution >= 4 is 18.0 Å². The zero-order chi connectivity index (χ0) is 24.2. The number of aliphatic carboxylic acids is 1. The van der Waals surface area contributed by atoms with Gasteiger partial charge >= 0.3 is 12.1 Å². The van der Waals surface area contributed by atoms with Gasteiger partial charge in [0, 0.05) is 18.6 Å². The van der Waals surface area contributed by atoms with Gasteiger partial charge in [0.25, 0.3) is 5.91 Å². The van der Waals surface area contributed by atoms with Crippen molar-refractivity contribution in [2.75, 3.05) is 13.2 Å². The fourth-order valence-corrected chi connectivity index (χ4v) is 6.34. The van der Waals surface area contributed by atoms with E-state index in [1.54, 1.807) is 0 Å². The molecule has 182 valence electrons. The predicted molar refractivity (Wildman–Crippen MR) is 126 cm³/mol. The molecule has 0 bridgehead atoms. The van der Waals surface area contributed by atoms with Gasteiger partial charge in [-0.25, -0.2) is 4.79 Å². The quantitative estimate of drug-likeness (QED) is 0.591. The van der Waals surface area contributed by atoms with Crippen LogP contribution in [0.5, 0.6) is 0 Å². The summed E-state index contributed by atoms with van der Waals surface area (Å²) in [4.78, 5) is 37.0. The molecule has 2 saturated carbocycles. The fraction of sp³-hybridized carbons (Fsp3) is 0.444. The van der Waals surface area contributed by atoms with Crippen LogP contribution in [-0.4, -0.2) is 54.5 Å². The molecule has 0 unspecified atom stereocenters. The highest BCUT2D eigenvalue weighted by atomic mass is 16.6. The van der Waals surface area contributed by atoms with Crippen LogP contribution in [0.3, 0.4) is 0 Å². The number of carboxylic acid groups (broad SMARTS) is 1. The maximum atomic E-state index is 12.9. The highest BCUT2D eigenvalue weighted by Crippen LogP contribution is 2.63. The van der Waals surface area contributed by atoms with E-state index in [1.807, 2.05) is 24.3 Å². The van der Waals surface area contributed by atoms with Gasteiger partial charge in [-0.05, 0) is 53.9 Å². The Hall–Kier alpha value is -3.39. The standard InChI is InChI=1S/C27H28N2O6/c30-24(28-16-11-15-12-27(15,13-16)25(31)32)23-22(9-10-34-23)29-26(33)35-14-21-19-7-3-1-5-17(19)18-6-2-4-8-20(18)21/h1-8,15-16,21-23H,9-14H2,(H,28,30)(H,29,33)(H,31,32)/t15-,16+,22+,23-,27+/m1/s1. The van der Waals surface area contributed by atoms with Gasteiger partial charge < -0.3 is 25.2 Å². The summed E-state index contributed by atoms with van der Waals surface area (Å²) in [6.45, 7) is 0.559. The van der Waals surface area contributed by atoms with Gasteiger partial charge in [0.15, 0.2) is 6.10 Å². The van der Waals surface area contributed by atoms with Crippen LogP contribution < -0.4 is 10.6 Å². The lowest BCUT2D eigenvalue weighted by atomic mass is 9.98. The first-order valence-corrected chi connectivity index (χ1v) is 12.2. The maximum Gasteiger partial charge on any atom is 0.407 e. The Morgan fingerprint density at radius 3 is 2.34 bits per heavy atom. The summed E-state index contributed by atoms with van der Waals surface area (Å²) in [5.41, 5.74) is 3.93. The Morgan fingerprint density at radius 2 is 1.69 bits per heavy atom. The number of rotatable bonds is 6. The molecule has 5 atom stereocenters. The molecule has 2 amide bonds. The number of ether oxygens (including phenoxy) is 2. The predicted octanol–water partition coefficient (Wildman–Crippen LogP) is 3.05. The molecule has 3 fully saturated rings. The van der Waals surface area contributed by atoms with Gasteiger partial charge in [0.2, 0.25) is 0 Å². The smallest absolute Gasteiger partial charge is 0.407 e. The Morgan fingerprint density at radius 1 is 1.00 bits per heavy atom. The summed E-state index contributed by atoms with van der Waals surface area (Å²) >= 11 is 0. The number of amides is 2. The van der Waals surface area contributed by atoms with E-state index in [0.29, 0.717) is 32.3 Å². The minimum Gasteiger partial charge on any atom is -0.481 e. The number of carbonyl (C=O) groups is 3. The van der Waals surface area contributed by atoms with Gasteiger partial charge in [0.1, 0.15) is 6.61 Å². The molecule has 0 radical (unpaired) electrons. The zero-order valence-corrected chi connectivity index (χ0v) is 19.2. The van der Waals surface area contributed by atoms with E-state index in [0.717, 1.165) is 22.3 Å². The van der Waals surface area contributed by atoms with E-state index in [4.69, 9.17) is 9.47 Å². The molecule has 0 aromatic heterocycles.